The normalized spacial score (nSPS) is 11.6. The third-order valence-electron chi connectivity index (χ3n) is 3.74. The summed E-state index contributed by atoms with van der Waals surface area (Å²) in [4.78, 5) is 0. The van der Waals surface area contributed by atoms with E-state index in [0.717, 1.165) is 5.56 Å². The Morgan fingerprint density at radius 1 is 1.00 bits per heavy atom. The summed E-state index contributed by atoms with van der Waals surface area (Å²) in [6.07, 6.45) is 0.704. The molecule has 0 atom stereocenters. The van der Waals surface area contributed by atoms with E-state index in [-0.39, 0.29) is 5.82 Å². The standard InChI is InChI=1S/C17H17Cl2F/c1-13-5-2-3-6-14(13)10-17(11-18,12-19)15-7-4-8-16(20)9-15/h2-9H,10-12H2,1H3. The first-order valence-electron chi connectivity index (χ1n) is 6.54. The molecule has 3 heteroatoms. The second-order valence-corrected chi connectivity index (χ2v) is 5.70. The van der Waals surface area contributed by atoms with Gasteiger partial charge >= 0.3 is 0 Å². The van der Waals surface area contributed by atoms with Crippen molar-refractivity contribution in [2.45, 2.75) is 18.8 Å². The Morgan fingerprint density at radius 3 is 2.30 bits per heavy atom. The molecule has 0 aromatic heterocycles. The second-order valence-electron chi connectivity index (χ2n) is 5.16. The molecule has 0 aliphatic carbocycles. The number of halogens is 3. The highest BCUT2D eigenvalue weighted by Crippen LogP contribution is 2.33. The molecule has 2 aromatic rings. The van der Waals surface area contributed by atoms with Gasteiger partial charge in [0.05, 0.1) is 0 Å². The first kappa shape index (κ1) is 15.3. The summed E-state index contributed by atoms with van der Waals surface area (Å²) < 4.78 is 13.5. The molecule has 20 heavy (non-hydrogen) atoms. The molecular formula is C17H17Cl2F. The molecular weight excluding hydrogens is 294 g/mol. The zero-order valence-electron chi connectivity index (χ0n) is 11.4. The summed E-state index contributed by atoms with van der Waals surface area (Å²) in [5.74, 6) is 0.453. The lowest BCUT2D eigenvalue weighted by Crippen LogP contribution is -2.33. The zero-order valence-corrected chi connectivity index (χ0v) is 12.9. The van der Waals surface area contributed by atoms with Crippen LogP contribution in [0.2, 0.25) is 0 Å². The van der Waals surface area contributed by atoms with E-state index in [4.69, 9.17) is 23.2 Å². The molecule has 0 nitrogen and oxygen atoms in total. The van der Waals surface area contributed by atoms with Gasteiger partial charge in [0.1, 0.15) is 5.82 Å². The van der Waals surface area contributed by atoms with Crippen molar-refractivity contribution in [3.8, 4) is 0 Å². The minimum Gasteiger partial charge on any atom is -0.207 e. The van der Waals surface area contributed by atoms with Crippen LogP contribution in [-0.4, -0.2) is 11.8 Å². The molecule has 2 aromatic carbocycles. The van der Waals surface area contributed by atoms with Crippen molar-refractivity contribution in [2.75, 3.05) is 11.8 Å². The van der Waals surface area contributed by atoms with E-state index in [0.29, 0.717) is 18.2 Å². The van der Waals surface area contributed by atoms with Gasteiger partial charge in [0, 0.05) is 17.2 Å². The minimum absolute atomic E-state index is 0.258. The Labute approximate surface area is 129 Å². The largest absolute Gasteiger partial charge is 0.207 e. The molecule has 0 N–H and O–H groups in total. The molecule has 0 heterocycles. The lowest BCUT2D eigenvalue weighted by molar-refractivity contribution is 0.527. The van der Waals surface area contributed by atoms with Gasteiger partial charge in [0.2, 0.25) is 0 Å². The number of benzene rings is 2. The predicted octanol–water partition coefficient (Wildman–Crippen LogP) is 5.09. The molecule has 106 valence electrons. The molecule has 0 aliphatic rings. The molecule has 0 spiro atoms. The SMILES string of the molecule is Cc1ccccc1CC(CCl)(CCl)c1cccc(F)c1. The third-order valence-corrected chi connectivity index (χ3v) is 4.76. The van der Waals surface area contributed by atoms with Crippen LogP contribution in [0.25, 0.3) is 0 Å². The van der Waals surface area contributed by atoms with Crippen molar-refractivity contribution in [1.29, 1.82) is 0 Å². The number of hydrogen-bond acceptors (Lipinski definition) is 0. The molecule has 0 unspecified atom stereocenters. The second kappa shape index (κ2) is 6.60. The van der Waals surface area contributed by atoms with Crippen LogP contribution in [0.5, 0.6) is 0 Å². The van der Waals surface area contributed by atoms with Crippen LogP contribution in [0.15, 0.2) is 48.5 Å². The van der Waals surface area contributed by atoms with Gasteiger partial charge in [0.15, 0.2) is 0 Å². The Kier molecular flexibility index (Phi) is 5.06. The molecule has 0 bridgehead atoms. The van der Waals surface area contributed by atoms with Crippen molar-refractivity contribution in [2.24, 2.45) is 0 Å². The van der Waals surface area contributed by atoms with Crippen LogP contribution >= 0.6 is 23.2 Å². The Morgan fingerprint density at radius 2 is 1.70 bits per heavy atom. The first-order chi connectivity index (χ1) is 9.61. The molecule has 0 amide bonds. The highest BCUT2D eigenvalue weighted by Gasteiger charge is 2.31. The fourth-order valence-electron chi connectivity index (χ4n) is 2.38. The average molecular weight is 311 g/mol. The summed E-state index contributed by atoms with van der Waals surface area (Å²) in [6.45, 7) is 2.06. The quantitative estimate of drug-likeness (QED) is 0.675. The van der Waals surface area contributed by atoms with Crippen LogP contribution in [0.3, 0.4) is 0 Å². The smallest absolute Gasteiger partial charge is 0.123 e. The molecule has 0 fully saturated rings. The van der Waals surface area contributed by atoms with E-state index in [9.17, 15) is 4.39 Å². The van der Waals surface area contributed by atoms with E-state index >= 15 is 0 Å². The lowest BCUT2D eigenvalue weighted by atomic mass is 9.78. The van der Waals surface area contributed by atoms with Gasteiger partial charge in [-0.05, 0) is 42.2 Å². The minimum atomic E-state index is -0.447. The highest BCUT2D eigenvalue weighted by atomic mass is 35.5. The average Bonchev–Trinajstić information content (AvgIpc) is 2.47. The highest BCUT2D eigenvalue weighted by molar-refractivity contribution is 6.22. The van der Waals surface area contributed by atoms with Crippen LogP contribution < -0.4 is 0 Å². The van der Waals surface area contributed by atoms with Gasteiger partial charge in [0.25, 0.3) is 0 Å². The van der Waals surface area contributed by atoms with Crippen LogP contribution in [0.4, 0.5) is 4.39 Å². The number of hydrogen-bond donors (Lipinski definition) is 0. The molecule has 0 saturated carbocycles. The van der Waals surface area contributed by atoms with E-state index in [1.54, 1.807) is 6.07 Å². The fourth-order valence-corrected chi connectivity index (χ4v) is 3.16. The maximum atomic E-state index is 13.5. The van der Waals surface area contributed by atoms with E-state index in [1.807, 2.05) is 18.2 Å². The Bertz CT molecular complexity index is 577. The first-order valence-corrected chi connectivity index (χ1v) is 7.61. The predicted molar refractivity (Wildman–Crippen MR) is 84.4 cm³/mol. The molecule has 2 rings (SSSR count). The van der Waals surface area contributed by atoms with Crippen molar-refractivity contribution >= 4 is 23.2 Å². The number of rotatable bonds is 5. The van der Waals surface area contributed by atoms with Crippen LogP contribution in [-0.2, 0) is 11.8 Å². The Hall–Kier alpha value is -1.05. The van der Waals surface area contributed by atoms with E-state index < -0.39 is 5.41 Å². The van der Waals surface area contributed by atoms with Crippen LogP contribution in [0.1, 0.15) is 16.7 Å². The summed E-state index contributed by atoms with van der Waals surface area (Å²) in [5, 5.41) is 0. The van der Waals surface area contributed by atoms with Gasteiger partial charge in [-0.15, -0.1) is 23.2 Å². The molecule has 0 radical (unpaired) electrons. The third kappa shape index (κ3) is 3.16. The molecule has 0 saturated heterocycles. The van der Waals surface area contributed by atoms with Crippen molar-refractivity contribution in [1.82, 2.24) is 0 Å². The zero-order chi connectivity index (χ0) is 14.6. The summed E-state index contributed by atoms with van der Waals surface area (Å²) >= 11 is 12.4. The van der Waals surface area contributed by atoms with Crippen molar-refractivity contribution in [3.05, 3.63) is 71.0 Å². The van der Waals surface area contributed by atoms with Gasteiger partial charge in [-0.25, -0.2) is 4.39 Å². The van der Waals surface area contributed by atoms with Gasteiger partial charge < -0.3 is 0 Å². The van der Waals surface area contributed by atoms with E-state index in [2.05, 4.69) is 19.1 Å². The molecule has 0 aliphatic heterocycles. The fraction of sp³-hybridized carbons (Fsp3) is 0.294. The van der Waals surface area contributed by atoms with Gasteiger partial charge in [-0.3, -0.25) is 0 Å². The van der Waals surface area contributed by atoms with Gasteiger partial charge in [-0.1, -0.05) is 36.4 Å². The maximum absolute atomic E-state index is 13.5. The van der Waals surface area contributed by atoms with Crippen molar-refractivity contribution < 1.29 is 4.39 Å². The summed E-state index contributed by atoms with van der Waals surface area (Å²) in [6, 6.07) is 14.7. The van der Waals surface area contributed by atoms with Gasteiger partial charge in [-0.2, -0.15) is 0 Å². The Balaban J connectivity index is 2.42. The van der Waals surface area contributed by atoms with E-state index in [1.165, 1.54) is 23.3 Å². The summed E-state index contributed by atoms with van der Waals surface area (Å²) in [7, 11) is 0. The van der Waals surface area contributed by atoms with Crippen LogP contribution in [0, 0.1) is 12.7 Å². The number of alkyl halides is 2. The number of aryl methyl sites for hydroxylation is 1. The monoisotopic (exact) mass is 310 g/mol. The topological polar surface area (TPSA) is 0 Å². The summed E-state index contributed by atoms with van der Waals surface area (Å²) in [5.41, 5.74) is 2.80. The van der Waals surface area contributed by atoms with Crippen molar-refractivity contribution in [3.63, 3.8) is 0 Å². The maximum Gasteiger partial charge on any atom is 0.123 e. The lowest BCUT2D eigenvalue weighted by Gasteiger charge is -2.31.